The van der Waals surface area contributed by atoms with Gasteiger partial charge in [-0.15, -0.1) is 0 Å². The minimum atomic E-state index is -0.701. The highest BCUT2D eigenvalue weighted by atomic mass is 16.4. The number of rotatable bonds is 5. The predicted octanol–water partition coefficient (Wildman–Crippen LogP) is 2.60. The minimum Gasteiger partial charge on any atom is -0.481 e. The van der Waals surface area contributed by atoms with Crippen LogP contribution >= 0.6 is 0 Å². The topological polar surface area (TPSA) is 37.3 Å². The van der Waals surface area contributed by atoms with Crippen LogP contribution in [0.2, 0.25) is 0 Å². The van der Waals surface area contributed by atoms with Crippen molar-refractivity contribution in [3.63, 3.8) is 0 Å². The largest absolute Gasteiger partial charge is 0.481 e. The van der Waals surface area contributed by atoms with E-state index in [1.54, 1.807) is 0 Å². The molecule has 0 fully saturated rings. The molecule has 1 N–H and O–H groups in total. The Kier molecular flexibility index (Phi) is 5.53. The van der Waals surface area contributed by atoms with Crippen LogP contribution in [0.25, 0.3) is 0 Å². The van der Waals surface area contributed by atoms with E-state index < -0.39 is 5.97 Å². The molecular weight excluding hydrogens is 140 g/mol. The van der Waals surface area contributed by atoms with E-state index in [4.69, 9.17) is 5.11 Å². The molecule has 0 saturated carbocycles. The van der Waals surface area contributed by atoms with Crippen molar-refractivity contribution in [1.29, 1.82) is 0 Å². The zero-order valence-corrected chi connectivity index (χ0v) is 7.26. The molecule has 0 radical (unpaired) electrons. The Morgan fingerprint density at radius 2 is 2.18 bits per heavy atom. The van der Waals surface area contributed by atoms with E-state index in [1.807, 2.05) is 0 Å². The van der Waals surface area contributed by atoms with Crippen LogP contribution < -0.4 is 0 Å². The lowest BCUT2D eigenvalue weighted by atomic mass is 10.1. The van der Waals surface area contributed by atoms with Crippen molar-refractivity contribution < 1.29 is 9.90 Å². The van der Waals surface area contributed by atoms with Crippen molar-refractivity contribution >= 4 is 5.97 Å². The molecule has 0 bridgehead atoms. The molecule has 0 unspecified atom stereocenters. The number of carbonyl (C=O) groups is 1. The fourth-order valence-corrected chi connectivity index (χ4v) is 0.746. The second-order valence-corrected chi connectivity index (χ2v) is 2.69. The smallest absolute Gasteiger partial charge is 0.303 e. The number of allylic oxidation sites excluding steroid dienone is 2. The molecule has 2 nitrogen and oxygen atoms in total. The molecule has 11 heavy (non-hydrogen) atoms. The Balaban J connectivity index is 3.33. The van der Waals surface area contributed by atoms with Gasteiger partial charge in [0.05, 0.1) is 0 Å². The first-order chi connectivity index (χ1) is 5.16. The van der Waals surface area contributed by atoms with Gasteiger partial charge in [-0.2, -0.15) is 0 Å². The van der Waals surface area contributed by atoms with Crippen molar-refractivity contribution in [2.24, 2.45) is 0 Å². The zero-order chi connectivity index (χ0) is 8.69. The molecule has 64 valence electrons. The second kappa shape index (κ2) is 5.96. The Morgan fingerprint density at radius 3 is 2.64 bits per heavy atom. The summed E-state index contributed by atoms with van der Waals surface area (Å²) in [7, 11) is 0. The standard InChI is InChI=1S/C9H16O2/c1-3-8(2)6-4-5-7-9(10)11/h6H,3-5,7H2,1-2H3,(H,10,11)/b8-6+. The highest BCUT2D eigenvalue weighted by Crippen LogP contribution is 2.03. The van der Waals surface area contributed by atoms with E-state index in [-0.39, 0.29) is 6.42 Å². The molecule has 0 saturated heterocycles. The fourth-order valence-electron chi connectivity index (χ4n) is 0.746. The number of carboxylic acid groups (broad SMARTS) is 1. The normalized spacial score (nSPS) is 11.6. The molecule has 0 heterocycles. The Morgan fingerprint density at radius 1 is 1.55 bits per heavy atom. The van der Waals surface area contributed by atoms with Crippen molar-refractivity contribution in [3.05, 3.63) is 11.6 Å². The molecule has 0 atom stereocenters. The van der Waals surface area contributed by atoms with E-state index in [0.717, 1.165) is 19.3 Å². The highest BCUT2D eigenvalue weighted by molar-refractivity contribution is 5.66. The number of hydrogen-bond acceptors (Lipinski definition) is 1. The monoisotopic (exact) mass is 156 g/mol. The van der Waals surface area contributed by atoms with Crippen LogP contribution in [-0.4, -0.2) is 11.1 Å². The summed E-state index contributed by atoms with van der Waals surface area (Å²) in [5, 5.41) is 8.32. The van der Waals surface area contributed by atoms with Gasteiger partial charge in [-0.25, -0.2) is 0 Å². The average molecular weight is 156 g/mol. The van der Waals surface area contributed by atoms with Gasteiger partial charge in [-0.1, -0.05) is 18.6 Å². The Bertz CT molecular complexity index is 148. The summed E-state index contributed by atoms with van der Waals surface area (Å²) in [6, 6.07) is 0. The molecule has 0 aliphatic heterocycles. The van der Waals surface area contributed by atoms with Gasteiger partial charge >= 0.3 is 5.97 Å². The molecular formula is C9H16O2. The van der Waals surface area contributed by atoms with Crippen LogP contribution in [0, 0.1) is 0 Å². The first-order valence-electron chi connectivity index (χ1n) is 4.04. The van der Waals surface area contributed by atoms with Crippen LogP contribution in [-0.2, 0) is 4.79 Å². The van der Waals surface area contributed by atoms with Gasteiger partial charge < -0.3 is 5.11 Å². The maximum absolute atomic E-state index is 10.1. The summed E-state index contributed by atoms with van der Waals surface area (Å²) in [6.45, 7) is 4.17. The average Bonchev–Trinajstić information content (AvgIpc) is 1.97. The van der Waals surface area contributed by atoms with E-state index in [9.17, 15) is 4.79 Å². The maximum Gasteiger partial charge on any atom is 0.303 e. The molecule has 0 aromatic carbocycles. The number of hydrogen-bond donors (Lipinski definition) is 1. The summed E-state index contributed by atoms with van der Waals surface area (Å²) in [5.74, 6) is -0.701. The van der Waals surface area contributed by atoms with Crippen molar-refractivity contribution in [1.82, 2.24) is 0 Å². The van der Waals surface area contributed by atoms with Gasteiger partial charge in [0.2, 0.25) is 0 Å². The van der Waals surface area contributed by atoms with Gasteiger partial charge in [-0.3, -0.25) is 4.79 Å². The molecule has 0 aliphatic rings. The Labute approximate surface area is 67.9 Å². The fraction of sp³-hybridized carbons (Fsp3) is 0.667. The predicted molar refractivity (Wildman–Crippen MR) is 45.5 cm³/mol. The molecule has 0 aliphatic carbocycles. The molecule has 0 aromatic heterocycles. The van der Waals surface area contributed by atoms with Gasteiger partial charge in [0.15, 0.2) is 0 Å². The number of aliphatic carboxylic acids is 1. The van der Waals surface area contributed by atoms with E-state index in [0.29, 0.717) is 0 Å². The number of carboxylic acids is 1. The molecule has 0 spiro atoms. The summed E-state index contributed by atoms with van der Waals surface area (Å²) < 4.78 is 0. The molecule has 0 rings (SSSR count). The van der Waals surface area contributed by atoms with Crippen molar-refractivity contribution in [3.8, 4) is 0 Å². The molecule has 0 amide bonds. The van der Waals surface area contributed by atoms with Crippen LogP contribution in [0.5, 0.6) is 0 Å². The maximum atomic E-state index is 10.1. The first kappa shape index (κ1) is 10.2. The van der Waals surface area contributed by atoms with Gasteiger partial charge in [0, 0.05) is 6.42 Å². The Hall–Kier alpha value is -0.790. The quantitative estimate of drug-likeness (QED) is 0.490. The third-order valence-corrected chi connectivity index (χ3v) is 1.65. The molecule has 0 aromatic rings. The SMILES string of the molecule is CC/C(C)=C/CCCC(=O)O. The van der Waals surface area contributed by atoms with Crippen LogP contribution in [0.3, 0.4) is 0 Å². The van der Waals surface area contributed by atoms with E-state index >= 15 is 0 Å². The third-order valence-electron chi connectivity index (χ3n) is 1.65. The lowest BCUT2D eigenvalue weighted by Gasteiger charge is -1.94. The summed E-state index contributed by atoms with van der Waals surface area (Å²) in [6.07, 6.45) is 5.11. The van der Waals surface area contributed by atoms with E-state index in [1.165, 1.54) is 5.57 Å². The zero-order valence-electron chi connectivity index (χ0n) is 7.26. The van der Waals surface area contributed by atoms with Gasteiger partial charge in [0.1, 0.15) is 0 Å². The third kappa shape index (κ3) is 7.10. The van der Waals surface area contributed by atoms with Crippen LogP contribution in [0.1, 0.15) is 39.5 Å². The van der Waals surface area contributed by atoms with Crippen molar-refractivity contribution in [2.75, 3.05) is 0 Å². The van der Waals surface area contributed by atoms with Crippen LogP contribution in [0.4, 0.5) is 0 Å². The van der Waals surface area contributed by atoms with Gasteiger partial charge in [-0.05, 0) is 26.2 Å². The van der Waals surface area contributed by atoms with E-state index in [2.05, 4.69) is 19.9 Å². The molecule has 2 heteroatoms. The summed E-state index contributed by atoms with van der Waals surface area (Å²) in [5.41, 5.74) is 1.34. The first-order valence-corrected chi connectivity index (χ1v) is 4.04. The van der Waals surface area contributed by atoms with Crippen molar-refractivity contribution in [2.45, 2.75) is 39.5 Å². The highest BCUT2D eigenvalue weighted by Gasteiger charge is 1.93. The van der Waals surface area contributed by atoms with Crippen LogP contribution in [0.15, 0.2) is 11.6 Å². The second-order valence-electron chi connectivity index (χ2n) is 2.69. The summed E-state index contributed by atoms with van der Waals surface area (Å²) in [4.78, 5) is 10.1. The number of unbranched alkanes of at least 4 members (excludes halogenated alkanes) is 1. The lowest BCUT2D eigenvalue weighted by molar-refractivity contribution is -0.137. The lowest BCUT2D eigenvalue weighted by Crippen LogP contribution is -1.92. The summed E-state index contributed by atoms with van der Waals surface area (Å²) >= 11 is 0. The van der Waals surface area contributed by atoms with Gasteiger partial charge in [0.25, 0.3) is 0 Å². The minimum absolute atomic E-state index is 0.285.